The second-order valence-electron chi connectivity index (χ2n) is 6.66. The summed E-state index contributed by atoms with van der Waals surface area (Å²) in [4.78, 5) is 30.2. The monoisotopic (exact) mass is 382 g/mol. The average Bonchev–Trinajstić information content (AvgIpc) is 3.05. The standard InChI is InChI=1S/C21H19ClN2O3/c1-12(25)24-18(21(26)27-2)11-15-13-7-4-6-10-17(13)23-19(15)20(24)14-8-3-5-9-16(14)22/h3-10,18,20,23H,11H2,1-2H3/t18-,20+/m0/s1. The number of ether oxygens (including phenoxy) is 1. The summed E-state index contributed by atoms with van der Waals surface area (Å²) in [6.45, 7) is 1.47. The number of hydrogen-bond acceptors (Lipinski definition) is 3. The smallest absolute Gasteiger partial charge is 0.328 e. The van der Waals surface area contributed by atoms with Crippen molar-refractivity contribution in [1.82, 2.24) is 9.88 Å². The first-order valence-corrected chi connectivity index (χ1v) is 9.11. The van der Waals surface area contributed by atoms with Crippen molar-refractivity contribution in [2.45, 2.75) is 25.4 Å². The molecule has 0 unspecified atom stereocenters. The van der Waals surface area contributed by atoms with Gasteiger partial charge in [-0.05, 0) is 23.3 Å². The normalized spacial score (nSPS) is 19.0. The second kappa shape index (κ2) is 6.74. The molecular weight excluding hydrogens is 364 g/mol. The second-order valence-corrected chi connectivity index (χ2v) is 7.06. The van der Waals surface area contributed by atoms with E-state index in [-0.39, 0.29) is 5.91 Å². The highest BCUT2D eigenvalue weighted by atomic mass is 35.5. The average molecular weight is 383 g/mol. The summed E-state index contributed by atoms with van der Waals surface area (Å²) in [6, 6.07) is 14.1. The predicted molar refractivity (Wildman–Crippen MR) is 104 cm³/mol. The lowest BCUT2D eigenvalue weighted by Gasteiger charge is -2.40. The van der Waals surface area contributed by atoms with Crippen molar-refractivity contribution in [1.29, 1.82) is 0 Å². The number of methoxy groups -OCH3 is 1. The van der Waals surface area contributed by atoms with Crippen LogP contribution >= 0.6 is 11.6 Å². The van der Waals surface area contributed by atoms with Gasteiger partial charge in [0.05, 0.1) is 13.2 Å². The van der Waals surface area contributed by atoms with Crippen molar-refractivity contribution in [3.05, 3.63) is 70.4 Å². The van der Waals surface area contributed by atoms with E-state index in [1.165, 1.54) is 14.0 Å². The van der Waals surface area contributed by atoms with Crippen molar-refractivity contribution < 1.29 is 14.3 Å². The molecule has 4 rings (SSSR count). The number of halogens is 1. The molecule has 138 valence electrons. The Kier molecular flexibility index (Phi) is 4.40. The molecule has 6 heteroatoms. The molecule has 1 aliphatic rings. The summed E-state index contributed by atoms with van der Waals surface area (Å²) in [7, 11) is 1.34. The molecule has 5 nitrogen and oxygen atoms in total. The molecule has 0 aliphatic carbocycles. The first-order chi connectivity index (χ1) is 13.0. The maximum absolute atomic E-state index is 12.6. The molecule has 27 heavy (non-hydrogen) atoms. The largest absolute Gasteiger partial charge is 0.467 e. The molecule has 2 heterocycles. The quantitative estimate of drug-likeness (QED) is 0.684. The van der Waals surface area contributed by atoms with Gasteiger partial charge in [-0.1, -0.05) is 48.0 Å². The molecule has 0 saturated carbocycles. The summed E-state index contributed by atoms with van der Waals surface area (Å²) >= 11 is 6.49. The molecule has 0 spiro atoms. The number of rotatable bonds is 2. The maximum Gasteiger partial charge on any atom is 0.328 e. The van der Waals surface area contributed by atoms with Crippen LogP contribution in [0.25, 0.3) is 10.9 Å². The van der Waals surface area contributed by atoms with Crippen LogP contribution in [0.2, 0.25) is 5.02 Å². The first-order valence-electron chi connectivity index (χ1n) is 8.73. The lowest BCUT2D eigenvalue weighted by molar-refractivity contribution is -0.154. The van der Waals surface area contributed by atoms with E-state index in [4.69, 9.17) is 16.3 Å². The van der Waals surface area contributed by atoms with Gasteiger partial charge in [0.15, 0.2) is 0 Å². The highest BCUT2D eigenvalue weighted by molar-refractivity contribution is 6.31. The summed E-state index contributed by atoms with van der Waals surface area (Å²) in [5.41, 5.74) is 3.65. The van der Waals surface area contributed by atoms with Crippen molar-refractivity contribution in [2.75, 3.05) is 7.11 Å². The fourth-order valence-corrected chi connectivity index (χ4v) is 4.26. The first kappa shape index (κ1) is 17.6. The van der Waals surface area contributed by atoms with Crippen molar-refractivity contribution in [2.24, 2.45) is 0 Å². The molecule has 1 N–H and O–H groups in total. The number of nitrogens with zero attached hydrogens (tertiary/aromatic N) is 1. The molecule has 1 aromatic heterocycles. The van der Waals surface area contributed by atoms with E-state index < -0.39 is 18.1 Å². The van der Waals surface area contributed by atoms with Crippen LogP contribution in [0.4, 0.5) is 0 Å². The van der Waals surface area contributed by atoms with Crippen molar-refractivity contribution in [3.63, 3.8) is 0 Å². The molecule has 2 atom stereocenters. The van der Waals surface area contributed by atoms with Crippen LogP contribution in [-0.4, -0.2) is 34.9 Å². The molecular formula is C21H19ClN2O3. The zero-order valence-electron chi connectivity index (χ0n) is 15.0. The highest BCUT2D eigenvalue weighted by Crippen LogP contribution is 2.42. The van der Waals surface area contributed by atoms with E-state index in [1.807, 2.05) is 42.5 Å². The van der Waals surface area contributed by atoms with Gasteiger partial charge in [-0.15, -0.1) is 0 Å². The predicted octanol–water partition coefficient (Wildman–Crippen LogP) is 3.86. The van der Waals surface area contributed by atoms with Crippen LogP contribution in [0.5, 0.6) is 0 Å². The number of aromatic nitrogens is 1. The number of H-pyrrole nitrogens is 1. The number of carbonyl (C=O) groups is 2. The van der Waals surface area contributed by atoms with E-state index >= 15 is 0 Å². The number of hydrogen-bond donors (Lipinski definition) is 1. The Morgan fingerprint density at radius 2 is 1.85 bits per heavy atom. The van der Waals surface area contributed by atoms with Crippen LogP contribution in [0.3, 0.4) is 0 Å². The molecule has 0 saturated heterocycles. The molecule has 2 aromatic carbocycles. The van der Waals surface area contributed by atoms with Gasteiger partial charge < -0.3 is 14.6 Å². The SMILES string of the molecule is COC(=O)[C@@H]1Cc2c([nH]c3ccccc23)[C@@H](c2ccccc2Cl)N1C(C)=O. The number of aromatic amines is 1. The van der Waals surface area contributed by atoms with Gasteiger partial charge in [0.25, 0.3) is 0 Å². The zero-order valence-corrected chi connectivity index (χ0v) is 15.8. The van der Waals surface area contributed by atoms with Crippen molar-refractivity contribution >= 4 is 34.4 Å². The van der Waals surface area contributed by atoms with Crippen LogP contribution in [0.1, 0.15) is 29.8 Å². The number of benzene rings is 2. The third-order valence-corrected chi connectivity index (χ3v) is 5.51. The molecule has 0 radical (unpaired) electrons. The number of nitrogens with one attached hydrogen (secondary N) is 1. The van der Waals surface area contributed by atoms with Gasteiger partial charge >= 0.3 is 5.97 Å². The lowest BCUT2D eigenvalue weighted by atomic mass is 9.88. The van der Waals surface area contributed by atoms with E-state index in [1.54, 1.807) is 11.0 Å². The highest BCUT2D eigenvalue weighted by Gasteiger charge is 2.43. The van der Waals surface area contributed by atoms with E-state index in [0.29, 0.717) is 11.4 Å². The number of amides is 1. The summed E-state index contributed by atoms with van der Waals surface area (Å²) in [6.07, 6.45) is 0.395. The molecule has 0 bridgehead atoms. The van der Waals surface area contributed by atoms with Crippen LogP contribution in [-0.2, 0) is 20.7 Å². The molecule has 1 amide bonds. The van der Waals surface area contributed by atoms with Crippen molar-refractivity contribution in [3.8, 4) is 0 Å². The fraction of sp³-hybridized carbons (Fsp3) is 0.238. The van der Waals surface area contributed by atoms with Crippen LogP contribution in [0, 0.1) is 0 Å². The number of carbonyl (C=O) groups excluding carboxylic acids is 2. The van der Waals surface area contributed by atoms with Gasteiger partial charge in [-0.3, -0.25) is 4.79 Å². The van der Waals surface area contributed by atoms with Gasteiger partial charge in [-0.25, -0.2) is 4.79 Å². The van der Waals surface area contributed by atoms with Gasteiger partial charge in [0.2, 0.25) is 5.91 Å². The maximum atomic E-state index is 12.6. The number of para-hydroxylation sites is 1. The lowest BCUT2D eigenvalue weighted by Crippen LogP contribution is -2.51. The minimum atomic E-state index is -0.708. The third-order valence-electron chi connectivity index (χ3n) is 5.17. The molecule has 3 aromatic rings. The molecule has 0 fully saturated rings. The van der Waals surface area contributed by atoms with Crippen LogP contribution < -0.4 is 0 Å². The Hall–Kier alpha value is -2.79. The summed E-state index contributed by atoms with van der Waals surface area (Å²) in [5.74, 6) is -0.641. The molecule has 1 aliphatic heterocycles. The minimum absolute atomic E-state index is 0.209. The number of esters is 1. The Morgan fingerprint density at radius 1 is 1.15 bits per heavy atom. The van der Waals surface area contributed by atoms with E-state index in [9.17, 15) is 9.59 Å². The Balaban J connectivity index is 2.01. The third kappa shape index (κ3) is 2.79. The summed E-state index contributed by atoms with van der Waals surface area (Å²) < 4.78 is 5.01. The Labute approximate surface area is 161 Å². The zero-order chi connectivity index (χ0) is 19.1. The number of fused-ring (bicyclic) bond motifs is 3. The summed E-state index contributed by atoms with van der Waals surface area (Å²) in [5, 5.41) is 1.59. The van der Waals surface area contributed by atoms with E-state index in [0.717, 1.165) is 27.7 Å². The van der Waals surface area contributed by atoms with Gasteiger partial charge in [0.1, 0.15) is 6.04 Å². The fourth-order valence-electron chi connectivity index (χ4n) is 4.02. The minimum Gasteiger partial charge on any atom is -0.467 e. The van der Waals surface area contributed by atoms with Gasteiger partial charge in [0, 0.05) is 35.0 Å². The Morgan fingerprint density at radius 3 is 2.56 bits per heavy atom. The topological polar surface area (TPSA) is 62.4 Å². The Bertz CT molecular complexity index is 1040. The van der Waals surface area contributed by atoms with Gasteiger partial charge in [-0.2, -0.15) is 0 Å². The van der Waals surface area contributed by atoms with E-state index in [2.05, 4.69) is 4.98 Å². The van der Waals surface area contributed by atoms with Crippen LogP contribution in [0.15, 0.2) is 48.5 Å².